The molecule has 0 aliphatic carbocycles. The number of para-hydroxylation sites is 2. The lowest BCUT2D eigenvalue weighted by molar-refractivity contribution is 0.00578. The zero-order chi connectivity index (χ0) is 24.2. The highest BCUT2D eigenvalue weighted by atomic mass is 32.1. The largest absolute Gasteiger partial charge is 0.494 e. The van der Waals surface area contributed by atoms with Crippen LogP contribution in [0.3, 0.4) is 0 Å². The van der Waals surface area contributed by atoms with Crippen molar-refractivity contribution in [2.75, 3.05) is 4.90 Å². The van der Waals surface area contributed by atoms with Crippen LogP contribution >= 0.6 is 11.3 Å². The first-order valence-corrected chi connectivity index (χ1v) is 12.9. The number of fused-ring (bicyclic) bond motifs is 3. The lowest BCUT2D eigenvalue weighted by Crippen LogP contribution is -2.41. The van der Waals surface area contributed by atoms with E-state index in [4.69, 9.17) is 9.31 Å². The Morgan fingerprint density at radius 3 is 1.69 bits per heavy atom. The number of anilines is 3. The standard InChI is InChI=1S/C30H28BNO2S/c1-29(2)30(3,4)34-31(33-29)21-15-17-27-25(19-21)26-20-24(16-18-28(26)35-27)32(22-11-7-5-8-12-22)23-13-9-6-10-14-23/h5-20H,1-4H3. The Labute approximate surface area is 211 Å². The van der Waals surface area contributed by atoms with Gasteiger partial charge in [-0.2, -0.15) is 0 Å². The molecule has 4 aromatic carbocycles. The molecular formula is C30H28BNO2S. The van der Waals surface area contributed by atoms with Crippen LogP contribution in [0.2, 0.25) is 0 Å². The fourth-order valence-corrected chi connectivity index (χ4v) is 5.72. The summed E-state index contributed by atoms with van der Waals surface area (Å²) in [7, 11) is -0.368. The number of benzene rings is 4. The molecule has 5 aromatic rings. The van der Waals surface area contributed by atoms with E-state index in [2.05, 4.69) is 130 Å². The Morgan fingerprint density at radius 2 is 1.11 bits per heavy atom. The van der Waals surface area contributed by atoms with Gasteiger partial charge in [0.25, 0.3) is 0 Å². The predicted molar refractivity (Wildman–Crippen MR) is 150 cm³/mol. The Kier molecular flexibility index (Phi) is 5.26. The van der Waals surface area contributed by atoms with Gasteiger partial charge in [0.2, 0.25) is 0 Å². The first-order valence-electron chi connectivity index (χ1n) is 12.0. The van der Waals surface area contributed by atoms with Crippen LogP contribution < -0.4 is 10.4 Å². The van der Waals surface area contributed by atoms with Crippen molar-refractivity contribution in [1.29, 1.82) is 0 Å². The minimum atomic E-state index is -0.368. The zero-order valence-corrected chi connectivity index (χ0v) is 21.3. The maximum Gasteiger partial charge on any atom is 0.494 e. The third-order valence-corrected chi connectivity index (χ3v) is 8.44. The molecule has 2 heterocycles. The molecule has 0 bridgehead atoms. The van der Waals surface area contributed by atoms with Gasteiger partial charge < -0.3 is 14.2 Å². The highest BCUT2D eigenvalue weighted by Gasteiger charge is 2.51. The highest BCUT2D eigenvalue weighted by molar-refractivity contribution is 7.25. The van der Waals surface area contributed by atoms with Crippen molar-refractivity contribution in [2.45, 2.75) is 38.9 Å². The van der Waals surface area contributed by atoms with Gasteiger partial charge in [0.1, 0.15) is 0 Å². The third-order valence-electron chi connectivity index (χ3n) is 7.29. The lowest BCUT2D eigenvalue weighted by atomic mass is 9.78. The molecule has 0 atom stereocenters. The van der Waals surface area contributed by atoms with Gasteiger partial charge in [0.05, 0.1) is 11.2 Å². The van der Waals surface area contributed by atoms with Gasteiger partial charge in [-0.05, 0) is 81.7 Å². The first-order chi connectivity index (χ1) is 16.8. The Hall–Kier alpha value is -3.12. The van der Waals surface area contributed by atoms with E-state index in [1.165, 1.54) is 20.2 Å². The molecule has 35 heavy (non-hydrogen) atoms. The number of hydrogen-bond donors (Lipinski definition) is 0. The quantitative estimate of drug-likeness (QED) is 0.246. The average Bonchev–Trinajstić information content (AvgIpc) is 3.32. The monoisotopic (exact) mass is 477 g/mol. The molecule has 0 unspecified atom stereocenters. The summed E-state index contributed by atoms with van der Waals surface area (Å²) in [5.41, 5.74) is 3.75. The molecule has 0 amide bonds. The summed E-state index contributed by atoms with van der Waals surface area (Å²) < 4.78 is 15.2. The maximum atomic E-state index is 6.34. The molecular weight excluding hydrogens is 449 g/mol. The SMILES string of the molecule is CC1(C)OB(c2ccc3sc4ccc(N(c5ccccc5)c5ccccc5)cc4c3c2)OC1(C)C. The topological polar surface area (TPSA) is 21.7 Å². The van der Waals surface area contributed by atoms with Crippen LogP contribution in [-0.4, -0.2) is 18.3 Å². The molecule has 1 saturated heterocycles. The van der Waals surface area contributed by atoms with Gasteiger partial charge in [-0.3, -0.25) is 0 Å². The third kappa shape index (κ3) is 3.84. The van der Waals surface area contributed by atoms with Crippen LogP contribution in [0.1, 0.15) is 27.7 Å². The van der Waals surface area contributed by atoms with Crippen LogP contribution in [-0.2, 0) is 9.31 Å². The summed E-state index contributed by atoms with van der Waals surface area (Å²) in [6, 6.07) is 34.4. The van der Waals surface area contributed by atoms with Crippen molar-refractivity contribution in [1.82, 2.24) is 0 Å². The lowest BCUT2D eigenvalue weighted by Gasteiger charge is -2.32. The Bertz CT molecular complexity index is 1460. The van der Waals surface area contributed by atoms with Crippen molar-refractivity contribution >= 4 is 61.2 Å². The van der Waals surface area contributed by atoms with E-state index in [9.17, 15) is 0 Å². The zero-order valence-electron chi connectivity index (χ0n) is 20.5. The summed E-state index contributed by atoms with van der Waals surface area (Å²) in [5.74, 6) is 0. The number of hydrogen-bond acceptors (Lipinski definition) is 4. The molecule has 5 heteroatoms. The summed E-state index contributed by atoms with van der Waals surface area (Å²) in [4.78, 5) is 2.31. The van der Waals surface area contributed by atoms with Crippen molar-refractivity contribution < 1.29 is 9.31 Å². The highest BCUT2D eigenvalue weighted by Crippen LogP contribution is 2.41. The fraction of sp³-hybridized carbons (Fsp3) is 0.200. The molecule has 6 rings (SSSR count). The second-order valence-corrected chi connectivity index (χ2v) is 11.2. The van der Waals surface area contributed by atoms with E-state index in [0.717, 1.165) is 22.5 Å². The second-order valence-electron chi connectivity index (χ2n) is 10.1. The molecule has 3 nitrogen and oxygen atoms in total. The molecule has 1 aromatic heterocycles. The summed E-state index contributed by atoms with van der Waals surface area (Å²) >= 11 is 1.82. The van der Waals surface area contributed by atoms with Crippen LogP contribution in [0.25, 0.3) is 20.2 Å². The van der Waals surface area contributed by atoms with Gasteiger partial charge in [-0.25, -0.2) is 0 Å². The van der Waals surface area contributed by atoms with E-state index < -0.39 is 0 Å². The average molecular weight is 477 g/mol. The molecule has 1 fully saturated rings. The molecule has 0 radical (unpaired) electrons. The molecule has 174 valence electrons. The van der Waals surface area contributed by atoms with Crippen LogP contribution in [0.4, 0.5) is 17.1 Å². The van der Waals surface area contributed by atoms with Crippen LogP contribution in [0.5, 0.6) is 0 Å². The van der Waals surface area contributed by atoms with Crippen LogP contribution in [0, 0.1) is 0 Å². The van der Waals surface area contributed by atoms with Crippen molar-refractivity contribution in [2.24, 2.45) is 0 Å². The molecule has 1 aliphatic heterocycles. The summed E-state index contributed by atoms with van der Waals surface area (Å²) in [6.07, 6.45) is 0. The normalized spacial score (nSPS) is 16.7. The van der Waals surface area contributed by atoms with E-state index in [0.29, 0.717) is 0 Å². The second kappa shape index (κ2) is 8.23. The van der Waals surface area contributed by atoms with Gasteiger partial charge in [0, 0.05) is 37.2 Å². The van der Waals surface area contributed by atoms with E-state index in [-0.39, 0.29) is 18.3 Å². The van der Waals surface area contributed by atoms with Gasteiger partial charge in [-0.15, -0.1) is 11.3 Å². The van der Waals surface area contributed by atoms with E-state index in [1.54, 1.807) is 0 Å². The van der Waals surface area contributed by atoms with Gasteiger partial charge in [0.15, 0.2) is 0 Å². The van der Waals surface area contributed by atoms with Crippen molar-refractivity contribution in [3.8, 4) is 0 Å². The first kappa shape index (κ1) is 22.4. The van der Waals surface area contributed by atoms with E-state index >= 15 is 0 Å². The fourth-order valence-electron chi connectivity index (χ4n) is 4.65. The predicted octanol–water partition coefficient (Wildman–Crippen LogP) is 7.82. The minimum Gasteiger partial charge on any atom is -0.399 e. The number of thiophene rings is 1. The molecule has 1 aliphatic rings. The minimum absolute atomic E-state index is 0.359. The van der Waals surface area contributed by atoms with E-state index in [1.807, 2.05) is 11.3 Å². The Balaban J connectivity index is 1.47. The molecule has 0 N–H and O–H groups in total. The summed E-state index contributed by atoms with van der Waals surface area (Å²) in [6.45, 7) is 8.39. The summed E-state index contributed by atoms with van der Waals surface area (Å²) in [5, 5.41) is 2.48. The number of nitrogens with zero attached hydrogens (tertiary/aromatic N) is 1. The van der Waals surface area contributed by atoms with Crippen LogP contribution in [0.15, 0.2) is 97.1 Å². The number of rotatable bonds is 4. The Morgan fingerprint density at radius 1 is 0.600 bits per heavy atom. The maximum absolute atomic E-state index is 6.34. The van der Waals surface area contributed by atoms with Gasteiger partial charge >= 0.3 is 7.12 Å². The smallest absolute Gasteiger partial charge is 0.399 e. The van der Waals surface area contributed by atoms with Crippen molar-refractivity contribution in [3.63, 3.8) is 0 Å². The molecule has 0 saturated carbocycles. The van der Waals surface area contributed by atoms with Gasteiger partial charge in [-0.1, -0.05) is 48.5 Å². The van der Waals surface area contributed by atoms with Crippen molar-refractivity contribution in [3.05, 3.63) is 97.1 Å². The molecule has 0 spiro atoms.